The van der Waals surface area contributed by atoms with E-state index >= 15 is 0 Å². The van der Waals surface area contributed by atoms with Crippen molar-refractivity contribution in [1.82, 2.24) is 19.8 Å². The molecule has 9 nitrogen and oxygen atoms in total. The molecule has 0 spiro atoms. The smallest absolute Gasteiger partial charge is 0.321 e. The molecule has 2 heterocycles. The minimum Gasteiger partial charge on any atom is -0.497 e. The summed E-state index contributed by atoms with van der Waals surface area (Å²) in [5, 5.41) is 6.08. The number of hydrogen-bond donors (Lipinski definition) is 2. The van der Waals surface area contributed by atoms with Gasteiger partial charge in [-0.2, -0.15) is 0 Å². The standard InChI is InChI=1S/C24H26N6O3/c1-17(31)29-10-12-30(13-11-29)24(32)28-21-5-3-4-20(14-21)27-23-25-15-19(16-26-23)18-6-8-22(33-2)9-7-18/h3-9,14-16H,10-13H2,1-2H3,(H,28,32)(H,25,26,27). The number of ether oxygens (including phenoxy) is 1. The van der Waals surface area contributed by atoms with E-state index in [0.29, 0.717) is 37.8 Å². The predicted octanol–water partition coefficient (Wildman–Crippen LogP) is 3.59. The number of nitrogens with one attached hydrogen (secondary N) is 2. The summed E-state index contributed by atoms with van der Waals surface area (Å²) in [5.41, 5.74) is 3.31. The zero-order valence-corrected chi connectivity index (χ0v) is 18.6. The first-order chi connectivity index (χ1) is 16.0. The molecule has 1 aliphatic rings. The van der Waals surface area contributed by atoms with E-state index in [-0.39, 0.29) is 11.9 Å². The maximum Gasteiger partial charge on any atom is 0.321 e. The zero-order valence-electron chi connectivity index (χ0n) is 18.6. The Morgan fingerprint density at radius 3 is 2.15 bits per heavy atom. The highest BCUT2D eigenvalue weighted by molar-refractivity contribution is 5.90. The summed E-state index contributed by atoms with van der Waals surface area (Å²) >= 11 is 0. The average Bonchev–Trinajstić information content (AvgIpc) is 2.85. The van der Waals surface area contributed by atoms with E-state index in [9.17, 15) is 9.59 Å². The SMILES string of the molecule is COc1ccc(-c2cnc(Nc3cccc(NC(=O)N4CCN(C(C)=O)CC4)c3)nc2)cc1. The van der Waals surface area contributed by atoms with Gasteiger partial charge in [0.1, 0.15) is 5.75 Å². The highest BCUT2D eigenvalue weighted by atomic mass is 16.5. The number of urea groups is 1. The summed E-state index contributed by atoms with van der Waals surface area (Å²) in [6.07, 6.45) is 3.51. The molecule has 0 saturated carbocycles. The number of hydrogen-bond acceptors (Lipinski definition) is 6. The van der Waals surface area contributed by atoms with Gasteiger partial charge in [-0.05, 0) is 35.9 Å². The van der Waals surface area contributed by atoms with Crippen LogP contribution in [0.1, 0.15) is 6.92 Å². The van der Waals surface area contributed by atoms with Gasteiger partial charge in [0.05, 0.1) is 7.11 Å². The molecule has 2 N–H and O–H groups in total. The molecule has 1 saturated heterocycles. The van der Waals surface area contributed by atoms with Gasteiger partial charge in [0.15, 0.2) is 0 Å². The number of carbonyl (C=O) groups is 2. The van der Waals surface area contributed by atoms with E-state index in [4.69, 9.17) is 4.74 Å². The van der Waals surface area contributed by atoms with Crippen LogP contribution in [0.15, 0.2) is 60.9 Å². The van der Waals surface area contributed by atoms with Gasteiger partial charge in [-0.15, -0.1) is 0 Å². The van der Waals surface area contributed by atoms with Crippen molar-refractivity contribution in [2.24, 2.45) is 0 Å². The van der Waals surface area contributed by atoms with E-state index in [1.165, 1.54) is 0 Å². The van der Waals surface area contributed by atoms with Crippen LogP contribution in [-0.4, -0.2) is 65.0 Å². The normalized spacial score (nSPS) is 13.4. The van der Waals surface area contributed by atoms with Crippen LogP contribution in [0.4, 0.5) is 22.1 Å². The summed E-state index contributed by atoms with van der Waals surface area (Å²) in [6.45, 7) is 3.67. The molecule has 0 aliphatic carbocycles. The Morgan fingerprint density at radius 2 is 1.52 bits per heavy atom. The van der Waals surface area contributed by atoms with Crippen LogP contribution >= 0.6 is 0 Å². The third kappa shape index (κ3) is 5.57. The van der Waals surface area contributed by atoms with Crippen molar-refractivity contribution in [2.45, 2.75) is 6.92 Å². The number of anilines is 3. The molecule has 0 radical (unpaired) electrons. The van der Waals surface area contributed by atoms with Gasteiger partial charge in [0, 0.05) is 62.4 Å². The lowest BCUT2D eigenvalue weighted by Crippen LogP contribution is -2.51. The number of methoxy groups -OCH3 is 1. The zero-order chi connectivity index (χ0) is 23.2. The number of amides is 3. The monoisotopic (exact) mass is 446 g/mol. The molecule has 1 aromatic heterocycles. The van der Waals surface area contributed by atoms with Crippen molar-refractivity contribution < 1.29 is 14.3 Å². The van der Waals surface area contributed by atoms with Crippen LogP contribution in [0.2, 0.25) is 0 Å². The van der Waals surface area contributed by atoms with Crippen LogP contribution in [0.25, 0.3) is 11.1 Å². The lowest BCUT2D eigenvalue weighted by molar-refractivity contribution is -0.130. The molecule has 3 amide bonds. The average molecular weight is 447 g/mol. The summed E-state index contributed by atoms with van der Waals surface area (Å²) in [5.74, 6) is 1.28. The molecule has 0 atom stereocenters. The van der Waals surface area contributed by atoms with Crippen LogP contribution in [-0.2, 0) is 4.79 Å². The highest BCUT2D eigenvalue weighted by Crippen LogP contribution is 2.23. The Kier molecular flexibility index (Phi) is 6.68. The van der Waals surface area contributed by atoms with Crippen molar-refractivity contribution in [1.29, 1.82) is 0 Å². The van der Waals surface area contributed by atoms with Crippen LogP contribution in [0.3, 0.4) is 0 Å². The molecule has 33 heavy (non-hydrogen) atoms. The molecular weight excluding hydrogens is 420 g/mol. The topological polar surface area (TPSA) is 99.7 Å². The van der Waals surface area contributed by atoms with E-state index in [1.807, 2.05) is 48.5 Å². The molecule has 170 valence electrons. The third-order valence-electron chi connectivity index (χ3n) is 5.46. The van der Waals surface area contributed by atoms with Gasteiger partial charge in [-0.1, -0.05) is 18.2 Å². The second-order valence-electron chi connectivity index (χ2n) is 7.65. The molecule has 1 fully saturated rings. The first kappa shape index (κ1) is 22.1. The number of nitrogens with zero attached hydrogens (tertiary/aromatic N) is 4. The van der Waals surface area contributed by atoms with Crippen LogP contribution in [0, 0.1) is 0 Å². The maximum atomic E-state index is 12.6. The number of carbonyl (C=O) groups excluding carboxylic acids is 2. The number of rotatable bonds is 5. The first-order valence-electron chi connectivity index (χ1n) is 10.7. The van der Waals surface area contributed by atoms with E-state index in [1.54, 1.807) is 36.2 Å². The summed E-state index contributed by atoms with van der Waals surface area (Å²) in [6, 6.07) is 14.9. The van der Waals surface area contributed by atoms with Gasteiger partial charge in [0.2, 0.25) is 11.9 Å². The van der Waals surface area contributed by atoms with Crippen molar-refractivity contribution in [3.8, 4) is 16.9 Å². The fourth-order valence-electron chi connectivity index (χ4n) is 3.56. The number of aromatic nitrogens is 2. The fourth-order valence-corrected chi connectivity index (χ4v) is 3.56. The molecule has 3 aromatic rings. The summed E-state index contributed by atoms with van der Waals surface area (Å²) in [7, 11) is 1.63. The van der Waals surface area contributed by atoms with Gasteiger partial charge >= 0.3 is 6.03 Å². The summed E-state index contributed by atoms with van der Waals surface area (Å²) < 4.78 is 5.19. The lowest BCUT2D eigenvalue weighted by atomic mass is 10.1. The predicted molar refractivity (Wildman–Crippen MR) is 127 cm³/mol. The van der Waals surface area contributed by atoms with E-state index in [2.05, 4.69) is 20.6 Å². The minimum atomic E-state index is -0.185. The molecule has 9 heteroatoms. The van der Waals surface area contributed by atoms with Crippen molar-refractivity contribution in [2.75, 3.05) is 43.9 Å². The Bertz CT molecular complexity index is 1110. The summed E-state index contributed by atoms with van der Waals surface area (Å²) in [4.78, 5) is 36.3. The Hall–Kier alpha value is -4.14. The van der Waals surface area contributed by atoms with E-state index < -0.39 is 0 Å². The molecule has 0 unspecified atom stereocenters. The van der Waals surface area contributed by atoms with Gasteiger partial charge < -0.3 is 25.2 Å². The second kappa shape index (κ2) is 9.99. The molecule has 0 bridgehead atoms. The molecule has 2 aromatic carbocycles. The third-order valence-corrected chi connectivity index (χ3v) is 5.46. The lowest BCUT2D eigenvalue weighted by Gasteiger charge is -2.34. The molecule has 4 rings (SSSR count). The Labute approximate surface area is 192 Å². The molecule has 1 aliphatic heterocycles. The van der Waals surface area contributed by atoms with Crippen molar-refractivity contribution in [3.63, 3.8) is 0 Å². The fraction of sp³-hybridized carbons (Fsp3) is 0.250. The largest absolute Gasteiger partial charge is 0.497 e. The van der Waals surface area contributed by atoms with Crippen molar-refractivity contribution in [3.05, 3.63) is 60.9 Å². The van der Waals surface area contributed by atoms with Gasteiger partial charge in [0.25, 0.3) is 0 Å². The Morgan fingerprint density at radius 1 is 0.879 bits per heavy atom. The minimum absolute atomic E-state index is 0.0353. The number of benzene rings is 2. The van der Waals surface area contributed by atoms with Crippen LogP contribution < -0.4 is 15.4 Å². The maximum absolute atomic E-state index is 12.6. The van der Waals surface area contributed by atoms with Gasteiger partial charge in [-0.3, -0.25) is 4.79 Å². The van der Waals surface area contributed by atoms with Crippen molar-refractivity contribution >= 4 is 29.3 Å². The first-order valence-corrected chi connectivity index (χ1v) is 10.7. The number of piperazine rings is 1. The molecular formula is C24H26N6O3. The highest BCUT2D eigenvalue weighted by Gasteiger charge is 2.22. The van der Waals surface area contributed by atoms with Crippen LogP contribution in [0.5, 0.6) is 5.75 Å². The second-order valence-corrected chi connectivity index (χ2v) is 7.65. The van der Waals surface area contributed by atoms with Gasteiger partial charge in [-0.25, -0.2) is 14.8 Å². The van der Waals surface area contributed by atoms with E-state index in [0.717, 1.165) is 22.6 Å². The quantitative estimate of drug-likeness (QED) is 0.621. The Balaban J connectivity index is 1.36.